The Balaban J connectivity index is 2.02. The largest absolute Gasteiger partial charge is 0.353 e. The quantitative estimate of drug-likeness (QED) is 0.702. The highest BCUT2D eigenvalue weighted by Gasteiger charge is 2.35. The molecule has 2 aliphatic heterocycles. The van der Waals surface area contributed by atoms with Gasteiger partial charge in [0.15, 0.2) is 0 Å². The fraction of sp³-hybridized carbons (Fsp3) is 0.909. The Labute approximate surface area is 108 Å². The van der Waals surface area contributed by atoms with Crippen LogP contribution in [0.5, 0.6) is 0 Å². The third-order valence-electron chi connectivity index (χ3n) is 3.71. The summed E-state index contributed by atoms with van der Waals surface area (Å²) in [6, 6.07) is -0.578. The summed E-state index contributed by atoms with van der Waals surface area (Å²) in [6.07, 6.45) is 1.79. The van der Waals surface area contributed by atoms with Gasteiger partial charge in [-0.2, -0.15) is 4.31 Å². The van der Waals surface area contributed by atoms with Crippen molar-refractivity contribution in [2.75, 3.05) is 31.9 Å². The zero-order valence-corrected chi connectivity index (χ0v) is 11.5. The first-order valence-electron chi connectivity index (χ1n) is 6.48. The van der Waals surface area contributed by atoms with Crippen LogP contribution in [0.2, 0.25) is 0 Å². The minimum Gasteiger partial charge on any atom is -0.353 e. The third kappa shape index (κ3) is 3.02. The number of nitrogens with zero attached hydrogens (tertiary/aromatic N) is 1. The molecule has 1 amide bonds. The number of carbonyl (C=O) groups excluding carboxylic acids is 1. The summed E-state index contributed by atoms with van der Waals surface area (Å²) in [5, 5.41) is 5.91. The fourth-order valence-electron chi connectivity index (χ4n) is 2.58. The number of carbonyl (C=O) groups is 1. The highest BCUT2D eigenvalue weighted by molar-refractivity contribution is 7.89. The van der Waals surface area contributed by atoms with E-state index in [4.69, 9.17) is 0 Å². The Kier molecular flexibility index (Phi) is 4.24. The van der Waals surface area contributed by atoms with Gasteiger partial charge in [0, 0.05) is 13.1 Å². The zero-order chi connectivity index (χ0) is 13.2. The molecule has 2 rings (SSSR count). The van der Waals surface area contributed by atoms with Crippen molar-refractivity contribution in [3.05, 3.63) is 0 Å². The van der Waals surface area contributed by atoms with Gasteiger partial charge < -0.3 is 10.6 Å². The average Bonchev–Trinajstić information content (AvgIpc) is 2.33. The molecule has 2 N–H and O–H groups in total. The number of piperidine rings is 1. The maximum absolute atomic E-state index is 12.3. The molecular weight excluding hydrogens is 254 g/mol. The van der Waals surface area contributed by atoms with Crippen LogP contribution in [0.15, 0.2) is 0 Å². The molecule has 0 aromatic rings. The van der Waals surface area contributed by atoms with Crippen LogP contribution < -0.4 is 10.6 Å². The second-order valence-corrected chi connectivity index (χ2v) is 7.02. The van der Waals surface area contributed by atoms with E-state index in [0.717, 1.165) is 25.9 Å². The Morgan fingerprint density at radius 1 is 1.28 bits per heavy atom. The molecule has 2 aliphatic rings. The summed E-state index contributed by atoms with van der Waals surface area (Å²) in [5.74, 6) is 0.190. The number of hydrogen-bond acceptors (Lipinski definition) is 4. The molecule has 6 nitrogen and oxygen atoms in total. The standard InChI is InChI=1S/C11H21N3O3S/c1-9-11(15)13-6-7-14(9)18(16,17)8-10-2-4-12-5-3-10/h9-10,12H,2-8H2,1H3,(H,13,15). The van der Waals surface area contributed by atoms with E-state index in [1.165, 1.54) is 4.31 Å². The number of amides is 1. The summed E-state index contributed by atoms with van der Waals surface area (Å²) < 4.78 is 26.0. The van der Waals surface area contributed by atoms with Gasteiger partial charge in [0.05, 0.1) is 5.75 Å². The number of sulfonamides is 1. The van der Waals surface area contributed by atoms with E-state index in [2.05, 4.69) is 10.6 Å². The molecule has 0 saturated carbocycles. The minimum atomic E-state index is -3.32. The zero-order valence-electron chi connectivity index (χ0n) is 10.7. The summed E-state index contributed by atoms with van der Waals surface area (Å²) in [5.41, 5.74) is 0. The van der Waals surface area contributed by atoms with Crippen LogP contribution >= 0.6 is 0 Å². The van der Waals surface area contributed by atoms with E-state index in [1.54, 1.807) is 6.92 Å². The third-order valence-corrected chi connectivity index (χ3v) is 5.81. The average molecular weight is 275 g/mol. The van der Waals surface area contributed by atoms with Gasteiger partial charge in [-0.05, 0) is 38.8 Å². The molecule has 1 atom stereocenters. The highest BCUT2D eigenvalue weighted by atomic mass is 32.2. The Morgan fingerprint density at radius 3 is 2.61 bits per heavy atom. The van der Waals surface area contributed by atoms with E-state index >= 15 is 0 Å². The van der Waals surface area contributed by atoms with Gasteiger partial charge in [0.1, 0.15) is 6.04 Å². The van der Waals surface area contributed by atoms with Crippen LogP contribution in [0.3, 0.4) is 0 Å². The fourth-order valence-corrected chi connectivity index (χ4v) is 4.65. The second-order valence-electron chi connectivity index (χ2n) is 5.05. The van der Waals surface area contributed by atoms with Gasteiger partial charge >= 0.3 is 0 Å². The van der Waals surface area contributed by atoms with Crippen molar-refractivity contribution in [1.29, 1.82) is 0 Å². The molecule has 2 heterocycles. The van der Waals surface area contributed by atoms with Crippen molar-refractivity contribution >= 4 is 15.9 Å². The van der Waals surface area contributed by atoms with Crippen molar-refractivity contribution in [1.82, 2.24) is 14.9 Å². The lowest BCUT2D eigenvalue weighted by Gasteiger charge is -2.33. The molecule has 0 aromatic carbocycles. The van der Waals surface area contributed by atoms with E-state index in [9.17, 15) is 13.2 Å². The first-order chi connectivity index (χ1) is 8.50. The normalized spacial score (nSPS) is 28.1. The van der Waals surface area contributed by atoms with E-state index in [1.807, 2.05) is 0 Å². The molecular formula is C11H21N3O3S. The van der Waals surface area contributed by atoms with E-state index in [-0.39, 0.29) is 17.6 Å². The Bertz CT molecular complexity index is 404. The summed E-state index contributed by atoms with van der Waals surface area (Å²) in [4.78, 5) is 11.5. The van der Waals surface area contributed by atoms with Gasteiger partial charge in [-0.3, -0.25) is 4.79 Å². The number of piperazine rings is 1. The van der Waals surface area contributed by atoms with E-state index in [0.29, 0.717) is 13.1 Å². The Morgan fingerprint density at radius 2 is 1.94 bits per heavy atom. The van der Waals surface area contributed by atoms with Crippen LogP contribution in [0.4, 0.5) is 0 Å². The molecule has 18 heavy (non-hydrogen) atoms. The molecule has 0 radical (unpaired) electrons. The SMILES string of the molecule is CC1C(=O)NCCN1S(=O)(=O)CC1CCNCC1. The molecule has 0 spiro atoms. The number of nitrogens with one attached hydrogen (secondary N) is 2. The van der Waals surface area contributed by atoms with Gasteiger partial charge in [-0.1, -0.05) is 0 Å². The van der Waals surface area contributed by atoms with Crippen molar-refractivity contribution in [3.63, 3.8) is 0 Å². The van der Waals surface area contributed by atoms with Crippen LogP contribution in [-0.4, -0.2) is 56.6 Å². The summed E-state index contributed by atoms with van der Waals surface area (Å²) in [7, 11) is -3.32. The van der Waals surface area contributed by atoms with Crippen molar-refractivity contribution in [2.45, 2.75) is 25.8 Å². The molecule has 0 bridgehead atoms. The van der Waals surface area contributed by atoms with Crippen LogP contribution in [-0.2, 0) is 14.8 Å². The topological polar surface area (TPSA) is 78.5 Å². The monoisotopic (exact) mass is 275 g/mol. The molecule has 7 heteroatoms. The Hall–Kier alpha value is -0.660. The summed E-state index contributed by atoms with van der Waals surface area (Å²) >= 11 is 0. The minimum absolute atomic E-state index is 0.173. The summed E-state index contributed by atoms with van der Waals surface area (Å²) in [6.45, 7) is 4.22. The lowest BCUT2D eigenvalue weighted by Crippen LogP contribution is -2.56. The van der Waals surface area contributed by atoms with Crippen LogP contribution in [0.25, 0.3) is 0 Å². The predicted molar refractivity (Wildman–Crippen MR) is 68.6 cm³/mol. The molecule has 0 aliphatic carbocycles. The first-order valence-corrected chi connectivity index (χ1v) is 8.09. The smallest absolute Gasteiger partial charge is 0.238 e. The number of hydrogen-bond donors (Lipinski definition) is 2. The second kappa shape index (κ2) is 5.54. The highest BCUT2D eigenvalue weighted by Crippen LogP contribution is 2.19. The van der Waals surface area contributed by atoms with Gasteiger partial charge in [0.25, 0.3) is 0 Å². The lowest BCUT2D eigenvalue weighted by atomic mass is 10.0. The molecule has 2 saturated heterocycles. The van der Waals surface area contributed by atoms with Crippen LogP contribution in [0, 0.1) is 5.92 Å². The maximum Gasteiger partial charge on any atom is 0.238 e. The molecule has 1 unspecified atom stereocenters. The lowest BCUT2D eigenvalue weighted by molar-refractivity contribution is -0.126. The van der Waals surface area contributed by atoms with E-state index < -0.39 is 16.1 Å². The van der Waals surface area contributed by atoms with Gasteiger partial charge in [-0.25, -0.2) is 8.42 Å². The first kappa shape index (κ1) is 13.8. The van der Waals surface area contributed by atoms with Crippen molar-refractivity contribution < 1.29 is 13.2 Å². The van der Waals surface area contributed by atoms with Crippen molar-refractivity contribution in [3.8, 4) is 0 Å². The van der Waals surface area contributed by atoms with Gasteiger partial charge in [-0.15, -0.1) is 0 Å². The maximum atomic E-state index is 12.3. The number of rotatable bonds is 3. The van der Waals surface area contributed by atoms with Crippen LogP contribution in [0.1, 0.15) is 19.8 Å². The molecule has 0 aromatic heterocycles. The van der Waals surface area contributed by atoms with Crippen molar-refractivity contribution in [2.24, 2.45) is 5.92 Å². The van der Waals surface area contributed by atoms with Gasteiger partial charge in [0.2, 0.25) is 15.9 Å². The molecule has 104 valence electrons. The predicted octanol–water partition coefficient (Wildman–Crippen LogP) is -0.864. The molecule has 2 fully saturated rings.